The summed E-state index contributed by atoms with van der Waals surface area (Å²) in [5, 5.41) is 4.35. The zero-order chi connectivity index (χ0) is 21.2. The fraction of sp³-hybridized carbons (Fsp3) is 0.500. The highest BCUT2D eigenvalue weighted by Crippen LogP contribution is 2.17. The highest BCUT2D eigenvalue weighted by Gasteiger charge is 2.25. The van der Waals surface area contributed by atoms with E-state index in [1.54, 1.807) is 23.7 Å². The monoisotopic (exact) mass is 407 g/mol. The SMILES string of the molecule is CCOCCC(OC(=O)Cc1nc(-c2ccc(F)cc2)nn1CC)C(=O)OCC. The zero-order valence-electron chi connectivity index (χ0n) is 16.9. The molecule has 0 aliphatic rings. The van der Waals surface area contributed by atoms with Crippen LogP contribution in [0.2, 0.25) is 0 Å². The van der Waals surface area contributed by atoms with Crippen LogP contribution in [0.5, 0.6) is 0 Å². The molecule has 0 fully saturated rings. The Bertz CT molecular complexity index is 807. The predicted octanol–water partition coefficient (Wildman–Crippen LogP) is 2.55. The van der Waals surface area contributed by atoms with Crippen LogP contribution in [0.15, 0.2) is 24.3 Å². The molecular weight excluding hydrogens is 381 g/mol. The maximum Gasteiger partial charge on any atom is 0.347 e. The normalized spacial score (nSPS) is 11.9. The second kappa shape index (κ2) is 11.3. The molecule has 1 heterocycles. The van der Waals surface area contributed by atoms with Crippen molar-refractivity contribution in [3.05, 3.63) is 35.9 Å². The van der Waals surface area contributed by atoms with Crippen LogP contribution in [-0.2, 0) is 36.8 Å². The summed E-state index contributed by atoms with van der Waals surface area (Å²) < 4.78 is 30.2. The van der Waals surface area contributed by atoms with Crippen LogP contribution in [-0.4, -0.2) is 52.6 Å². The number of hydrogen-bond acceptors (Lipinski definition) is 7. The van der Waals surface area contributed by atoms with Gasteiger partial charge >= 0.3 is 11.9 Å². The Labute approximate surface area is 169 Å². The van der Waals surface area contributed by atoms with Crippen molar-refractivity contribution in [3.63, 3.8) is 0 Å². The molecule has 0 saturated carbocycles. The number of benzene rings is 1. The minimum atomic E-state index is -1.04. The van der Waals surface area contributed by atoms with E-state index in [0.717, 1.165) is 0 Å². The minimum Gasteiger partial charge on any atom is -0.463 e. The largest absolute Gasteiger partial charge is 0.463 e. The molecule has 29 heavy (non-hydrogen) atoms. The lowest BCUT2D eigenvalue weighted by Gasteiger charge is -2.16. The van der Waals surface area contributed by atoms with E-state index >= 15 is 0 Å². The number of carbonyl (C=O) groups is 2. The molecule has 2 aromatic rings. The van der Waals surface area contributed by atoms with Crippen LogP contribution in [0.1, 0.15) is 33.0 Å². The molecule has 9 heteroatoms. The van der Waals surface area contributed by atoms with Gasteiger partial charge in [0.15, 0.2) is 5.82 Å². The maximum absolute atomic E-state index is 13.1. The zero-order valence-corrected chi connectivity index (χ0v) is 16.9. The Balaban J connectivity index is 2.09. The summed E-state index contributed by atoms with van der Waals surface area (Å²) in [6.07, 6.45) is -0.990. The van der Waals surface area contributed by atoms with Gasteiger partial charge in [0, 0.05) is 25.1 Å². The summed E-state index contributed by atoms with van der Waals surface area (Å²) in [5.74, 6) is -0.807. The highest BCUT2D eigenvalue weighted by atomic mass is 19.1. The van der Waals surface area contributed by atoms with Gasteiger partial charge in [-0.3, -0.25) is 4.79 Å². The Morgan fingerprint density at radius 3 is 2.48 bits per heavy atom. The minimum absolute atomic E-state index is 0.160. The number of carbonyl (C=O) groups excluding carboxylic acids is 2. The molecule has 1 unspecified atom stereocenters. The number of nitrogens with zero attached hydrogens (tertiary/aromatic N) is 3. The smallest absolute Gasteiger partial charge is 0.347 e. The Morgan fingerprint density at radius 1 is 1.14 bits per heavy atom. The van der Waals surface area contributed by atoms with Gasteiger partial charge in [-0.15, -0.1) is 0 Å². The summed E-state index contributed by atoms with van der Waals surface area (Å²) >= 11 is 0. The fourth-order valence-corrected chi connectivity index (χ4v) is 2.60. The lowest BCUT2D eigenvalue weighted by Crippen LogP contribution is -2.31. The topological polar surface area (TPSA) is 92.5 Å². The first-order valence-electron chi connectivity index (χ1n) is 9.61. The third-order valence-electron chi connectivity index (χ3n) is 4.00. The lowest BCUT2D eigenvalue weighted by atomic mass is 10.2. The number of halogens is 1. The molecular formula is C20H26FN3O5. The van der Waals surface area contributed by atoms with Crippen molar-refractivity contribution in [1.29, 1.82) is 0 Å². The second-order valence-electron chi connectivity index (χ2n) is 6.07. The lowest BCUT2D eigenvalue weighted by molar-refractivity contribution is -0.168. The molecule has 0 aliphatic carbocycles. The van der Waals surface area contributed by atoms with Crippen LogP contribution in [0.4, 0.5) is 4.39 Å². The molecule has 158 valence electrons. The van der Waals surface area contributed by atoms with Gasteiger partial charge in [0.2, 0.25) is 6.10 Å². The Hall–Kier alpha value is -2.81. The predicted molar refractivity (Wildman–Crippen MR) is 102 cm³/mol. The quantitative estimate of drug-likeness (QED) is 0.417. The van der Waals surface area contributed by atoms with Gasteiger partial charge in [0.1, 0.15) is 18.1 Å². The average molecular weight is 407 g/mol. The summed E-state index contributed by atoms with van der Waals surface area (Å²) in [6, 6.07) is 5.77. The first kappa shape index (κ1) is 22.5. The summed E-state index contributed by atoms with van der Waals surface area (Å²) in [7, 11) is 0. The van der Waals surface area contributed by atoms with Gasteiger partial charge in [0.05, 0.1) is 13.2 Å². The van der Waals surface area contributed by atoms with E-state index < -0.39 is 18.0 Å². The fourth-order valence-electron chi connectivity index (χ4n) is 2.60. The molecule has 0 aliphatic heterocycles. The molecule has 0 saturated heterocycles. The van der Waals surface area contributed by atoms with Crippen LogP contribution in [0, 0.1) is 5.82 Å². The molecule has 8 nitrogen and oxygen atoms in total. The molecule has 0 spiro atoms. The summed E-state index contributed by atoms with van der Waals surface area (Å²) in [6.45, 7) is 6.82. The van der Waals surface area contributed by atoms with E-state index in [4.69, 9.17) is 14.2 Å². The van der Waals surface area contributed by atoms with Crippen molar-refractivity contribution in [2.75, 3.05) is 19.8 Å². The van der Waals surface area contributed by atoms with E-state index in [0.29, 0.717) is 30.4 Å². The third-order valence-corrected chi connectivity index (χ3v) is 4.00. The van der Waals surface area contributed by atoms with Crippen molar-refractivity contribution in [1.82, 2.24) is 14.8 Å². The number of aromatic nitrogens is 3. The van der Waals surface area contributed by atoms with Crippen LogP contribution < -0.4 is 0 Å². The first-order valence-corrected chi connectivity index (χ1v) is 9.61. The molecule has 1 aromatic heterocycles. The molecule has 0 bridgehead atoms. The van der Waals surface area contributed by atoms with Gasteiger partial charge in [-0.05, 0) is 45.0 Å². The van der Waals surface area contributed by atoms with Crippen LogP contribution in [0.25, 0.3) is 11.4 Å². The number of esters is 2. The Kier molecular flexibility index (Phi) is 8.72. The number of ether oxygens (including phenoxy) is 3. The van der Waals surface area contributed by atoms with Gasteiger partial charge < -0.3 is 14.2 Å². The van der Waals surface area contributed by atoms with E-state index in [9.17, 15) is 14.0 Å². The molecule has 0 N–H and O–H groups in total. The number of hydrogen-bond donors (Lipinski definition) is 0. The summed E-state index contributed by atoms with van der Waals surface area (Å²) in [4.78, 5) is 28.8. The van der Waals surface area contributed by atoms with Crippen molar-refractivity contribution in [2.24, 2.45) is 0 Å². The van der Waals surface area contributed by atoms with E-state index in [-0.39, 0.29) is 31.9 Å². The number of aryl methyl sites for hydroxylation is 1. The molecule has 0 radical (unpaired) electrons. The molecule has 0 amide bonds. The molecule has 1 aromatic carbocycles. The van der Waals surface area contributed by atoms with Crippen molar-refractivity contribution >= 4 is 11.9 Å². The van der Waals surface area contributed by atoms with Crippen molar-refractivity contribution in [2.45, 2.75) is 46.3 Å². The van der Waals surface area contributed by atoms with Crippen LogP contribution >= 0.6 is 0 Å². The van der Waals surface area contributed by atoms with E-state index in [1.807, 2.05) is 13.8 Å². The average Bonchev–Trinajstić information content (AvgIpc) is 3.10. The molecule has 1 atom stereocenters. The highest BCUT2D eigenvalue weighted by molar-refractivity contribution is 5.80. The van der Waals surface area contributed by atoms with E-state index in [1.165, 1.54) is 12.1 Å². The van der Waals surface area contributed by atoms with Gasteiger partial charge in [-0.1, -0.05) is 0 Å². The van der Waals surface area contributed by atoms with Crippen LogP contribution in [0.3, 0.4) is 0 Å². The first-order chi connectivity index (χ1) is 14.0. The summed E-state index contributed by atoms with van der Waals surface area (Å²) in [5.41, 5.74) is 0.634. The molecule has 2 rings (SSSR count). The number of rotatable bonds is 11. The second-order valence-corrected chi connectivity index (χ2v) is 6.07. The third kappa shape index (κ3) is 6.63. The van der Waals surface area contributed by atoms with Gasteiger partial charge in [-0.25, -0.2) is 18.9 Å². The maximum atomic E-state index is 13.1. The van der Waals surface area contributed by atoms with Crippen molar-refractivity contribution < 1.29 is 28.2 Å². The van der Waals surface area contributed by atoms with E-state index in [2.05, 4.69) is 10.1 Å². The van der Waals surface area contributed by atoms with Crippen molar-refractivity contribution in [3.8, 4) is 11.4 Å². The standard InChI is InChI=1S/C20H26FN3O5/c1-4-24-17(22-19(23-24)14-7-9-15(21)10-8-14)13-18(25)29-16(11-12-27-5-2)20(26)28-6-3/h7-10,16H,4-6,11-13H2,1-3H3. The Morgan fingerprint density at radius 2 is 1.86 bits per heavy atom. The van der Waals surface area contributed by atoms with Gasteiger partial charge in [-0.2, -0.15) is 5.10 Å². The van der Waals surface area contributed by atoms with Gasteiger partial charge in [0.25, 0.3) is 0 Å².